The topological polar surface area (TPSA) is 48.0 Å². The Hall–Kier alpha value is 0.420. The second kappa shape index (κ2) is 19.4. The highest BCUT2D eigenvalue weighted by molar-refractivity contribution is 7.99. The summed E-state index contributed by atoms with van der Waals surface area (Å²) in [4.78, 5) is 1.79. The van der Waals surface area contributed by atoms with Crippen molar-refractivity contribution in [1.82, 2.24) is 4.90 Å². The summed E-state index contributed by atoms with van der Waals surface area (Å²) in [5.74, 6) is 2.53. The average molecular weight is 440 g/mol. The highest BCUT2D eigenvalue weighted by Crippen LogP contribution is 2.49. The molecule has 7 heteroatoms. The van der Waals surface area contributed by atoms with Gasteiger partial charge in [-0.2, -0.15) is 11.8 Å². The molecular formula is C21H46NO4PS. The van der Waals surface area contributed by atoms with Gasteiger partial charge in [-0.3, -0.25) is 18.5 Å². The molecule has 170 valence electrons. The van der Waals surface area contributed by atoms with Crippen LogP contribution in [0.4, 0.5) is 0 Å². The number of rotatable bonds is 21. The number of hydrogen-bond acceptors (Lipinski definition) is 6. The van der Waals surface area contributed by atoms with Crippen LogP contribution in [-0.4, -0.2) is 50.4 Å². The first kappa shape index (κ1) is 28.4. The Morgan fingerprint density at radius 2 is 1.43 bits per heavy atom. The van der Waals surface area contributed by atoms with Crippen LogP contribution in [0.5, 0.6) is 0 Å². The first-order valence-corrected chi connectivity index (χ1v) is 13.8. The summed E-state index contributed by atoms with van der Waals surface area (Å²) in [7, 11) is 0.253. The van der Waals surface area contributed by atoms with E-state index in [4.69, 9.17) is 13.6 Å². The SMILES string of the molecule is CCCCCCCCCCCCSCC(C)COP(=O)(OCC)OCN(C)C. The minimum absolute atomic E-state index is 0.221. The molecule has 0 N–H and O–H groups in total. The lowest BCUT2D eigenvalue weighted by molar-refractivity contribution is 0.0745. The van der Waals surface area contributed by atoms with E-state index in [-0.39, 0.29) is 6.73 Å². The number of phosphoric ester groups is 1. The number of nitrogens with zero attached hydrogens (tertiary/aromatic N) is 1. The van der Waals surface area contributed by atoms with E-state index in [1.165, 1.54) is 70.0 Å². The third kappa shape index (κ3) is 18.4. The zero-order valence-corrected chi connectivity index (χ0v) is 20.8. The van der Waals surface area contributed by atoms with Crippen molar-refractivity contribution in [3.05, 3.63) is 0 Å². The van der Waals surface area contributed by atoms with E-state index < -0.39 is 7.82 Å². The Bertz CT molecular complexity index is 385. The molecule has 28 heavy (non-hydrogen) atoms. The van der Waals surface area contributed by atoms with E-state index in [0.29, 0.717) is 19.1 Å². The molecule has 0 aromatic heterocycles. The second-order valence-electron chi connectivity index (χ2n) is 7.86. The van der Waals surface area contributed by atoms with Crippen LogP contribution < -0.4 is 0 Å². The molecule has 0 spiro atoms. The zero-order chi connectivity index (χ0) is 21.1. The fourth-order valence-corrected chi connectivity index (χ4v) is 5.12. The van der Waals surface area contributed by atoms with Crippen LogP contribution >= 0.6 is 19.6 Å². The van der Waals surface area contributed by atoms with Crippen LogP contribution in [0.2, 0.25) is 0 Å². The maximum Gasteiger partial charge on any atom is 0.476 e. The van der Waals surface area contributed by atoms with Crippen molar-refractivity contribution in [3.8, 4) is 0 Å². The number of phosphoric acid groups is 1. The van der Waals surface area contributed by atoms with E-state index in [9.17, 15) is 4.57 Å². The largest absolute Gasteiger partial charge is 0.476 e. The fraction of sp³-hybridized carbons (Fsp3) is 1.00. The second-order valence-corrected chi connectivity index (χ2v) is 10.7. The minimum atomic E-state index is -3.45. The van der Waals surface area contributed by atoms with Gasteiger partial charge in [-0.15, -0.1) is 0 Å². The van der Waals surface area contributed by atoms with Crippen molar-refractivity contribution in [2.45, 2.75) is 85.0 Å². The van der Waals surface area contributed by atoms with E-state index in [2.05, 4.69) is 13.8 Å². The minimum Gasteiger partial charge on any atom is -0.287 e. The molecular weight excluding hydrogens is 393 g/mol. The quantitative estimate of drug-likeness (QED) is 0.109. The molecule has 0 heterocycles. The van der Waals surface area contributed by atoms with Crippen LogP contribution in [-0.2, 0) is 18.1 Å². The molecule has 0 aromatic carbocycles. The van der Waals surface area contributed by atoms with Crippen molar-refractivity contribution in [2.24, 2.45) is 5.92 Å². The molecule has 0 bridgehead atoms. The standard InChI is InChI=1S/C21H46NO4PS/c1-6-8-9-10-11-12-13-14-15-16-17-28-19-21(3)18-25-27(23,24-7-2)26-20-22(4)5/h21H,6-20H2,1-5H3. The van der Waals surface area contributed by atoms with Crippen molar-refractivity contribution >= 4 is 19.6 Å². The molecule has 5 nitrogen and oxygen atoms in total. The summed E-state index contributed by atoms with van der Waals surface area (Å²) in [6, 6.07) is 0. The predicted octanol–water partition coefficient (Wildman–Crippen LogP) is 6.97. The van der Waals surface area contributed by atoms with Crippen molar-refractivity contribution in [1.29, 1.82) is 0 Å². The molecule has 0 aliphatic rings. The van der Waals surface area contributed by atoms with Crippen molar-refractivity contribution < 1.29 is 18.1 Å². The van der Waals surface area contributed by atoms with Gasteiger partial charge in [0.05, 0.1) is 13.2 Å². The van der Waals surface area contributed by atoms with Crippen molar-refractivity contribution in [3.63, 3.8) is 0 Å². The monoisotopic (exact) mass is 439 g/mol. The molecule has 0 saturated carbocycles. The molecule has 0 aliphatic heterocycles. The van der Waals surface area contributed by atoms with Crippen LogP contribution in [0.1, 0.15) is 85.0 Å². The molecule has 0 rings (SSSR count). The van der Waals surface area contributed by atoms with Gasteiger partial charge in [0.2, 0.25) is 0 Å². The zero-order valence-electron chi connectivity index (χ0n) is 19.1. The highest BCUT2D eigenvalue weighted by Gasteiger charge is 2.27. The first-order chi connectivity index (χ1) is 13.4. The van der Waals surface area contributed by atoms with Gasteiger partial charge < -0.3 is 0 Å². The summed E-state index contributed by atoms with van der Waals surface area (Å²) in [6.45, 7) is 7.11. The summed E-state index contributed by atoms with van der Waals surface area (Å²) in [5.41, 5.74) is 0. The van der Waals surface area contributed by atoms with Crippen LogP contribution in [0.3, 0.4) is 0 Å². The predicted molar refractivity (Wildman–Crippen MR) is 123 cm³/mol. The Labute approximate surface area is 179 Å². The lowest BCUT2D eigenvalue weighted by Crippen LogP contribution is -2.17. The van der Waals surface area contributed by atoms with Gasteiger partial charge in [0.25, 0.3) is 0 Å². The molecule has 0 aliphatic carbocycles. The first-order valence-electron chi connectivity index (χ1n) is 11.2. The summed E-state index contributed by atoms with van der Waals surface area (Å²) in [6.07, 6.45) is 13.8. The van der Waals surface area contributed by atoms with E-state index >= 15 is 0 Å². The molecule has 0 fully saturated rings. The molecule has 2 atom stereocenters. The summed E-state index contributed by atoms with van der Waals surface area (Å²) in [5, 5.41) is 0. The Morgan fingerprint density at radius 1 is 0.857 bits per heavy atom. The van der Waals surface area contributed by atoms with Gasteiger partial charge in [-0.1, -0.05) is 71.6 Å². The summed E-state index contributed by atoms with van der Waals surface area (Å²) < 4.78 is 28.6. The normalized spacial score (nSPS) is 15.1. The lowest BCUT2D eigenvalue weighted by Gasteiger charge is -2.21. The number of unbranched alkanes of at least 4 members (excludes halogenated alkanes) is 9. The third-order valence-corrected chi connectivity index (χ3v) is 7.18. The molecule has 0 aromatic rings. The number of hydrogen-bond donors (Lipinski definition) is 0. The van der Waals surface area contributed by atoms with E-state index in [1.54, 1.807) is 11.8 Å². The van der Waals surface area contributed by atoms with Crippen LogP contribution in [0.15, 0.2) is 0 Å². The average Bonchev–Trinajstić information content (AvgIpc) is 2.66. The highest BCUT2D eigenvalue weighted by atomic mass is 32.2. The third-order valence-electron chi connectivity index (χ3n) is 4.32. The van der Waals surface area contributed by atoms with E-state index in [0.717, 1.165) is 5.75 Å². The van der Waals surface area contributed by atoms with Gasteiger partial charge in [0, 0.05) is 0 Å². The van der Waals surface area contributed by atoms with Gasteiger partial charge in [-0.05, 0) is 44.9 Å². The number of thioether (sulfide) groups is 1. The molecule has 0 radical (unpaired) electrons. The fourth-order valence-electron chi connectivity index (χ4n) is 2.70. The van der Waals surface area contributed by atoms with Gasteiger partial charge in [0.15, 0.2) is 0 Å². The van der Waals surface area contributed by atoms with Gasteiger partial charge in [-0.25, -0.2) is 4.57 Å². The Morgan fingerprint density at radius 3 is 1.96 bits per heavy atom. The molecule has 0 amide bonds. The smallest absolute Gasteiger partial charge is 0.287 e. The van der Waals surface area contributed by atoms with Gasteiger partial charge >= 0.3 is 7.82 Å². The Kier molecular flexibility index (Phi) is 19.7. The Balaban J connectivity index is 3.62. The maximum atomic E-state index is 12.5. The maximum absolute atomic E-state index is 12.5. The van der Waals surface area contributed by atoms with Gasteiger partial charge in [0.1, 0.15) is 6.73 Å². The van der Waals surface area contributed by atoms with Crippen LogP contribution in [0, 0.1) is 5.92 Å². The lowest BCUT2D eigenvalue weighted by atomic mass is 10.1. The van der Waals surface area contributed by atoms with Crippen molar-refractivity contribution in [2.75, 3.05) is 45.5 Å². The summed E-state index contributed by atoms with van der Waals surface area (Å²) >= 11 is 1.96. The molecule has 2 unspecified atom stereocenters. The van der Waals surface area contributed by atoms with E-state index in [1.807, 2.05) is 25.9 Å². The van der Waals surface area contributed by atoms with Crippen LogP contribution in [0.25, 0.3) is 0 Å². The molecule has 0 saturated heterocycles.